The number of nitrogens with zero attached hydrogens (tertiary/aromatic N) is 1. The lowest BCUT2D eigenvalue weighted by Crippen LogP contribution is -2.14. The third-order valence-corrected chi connectivity index (χ3v) is 1.75. The monoisotopic (exact) mass is 196 g/mol. The molecule has 3 heteroatoms. The molecule has 0 bridgehead atoms. The second-order valence-electron chi connectivity index (χ2n) is 2.93. The highest BCUT2D eigenvalue weighted by molar-refractivity contribution is 6.29. The lowest BCUT2D eigenvalue weighted by Gasteiger charge is -2.02. The molecule has 0 aliphatic carbocycles. The van der Waals surface area contributed by atoms with Gasteiger partial charge in [0, 0.05) is 30.0 Å². The van der Waals surface area contributed by atoms with Gasteiger partial charge in [0.05, 0.1) is 0 Å². The maximum Gasteiger partial charge on any atom is 0.0372 e. The molecule has 1 N–H and O–H groups in total. The molecular weight excluding hydrogens is 184 g/mol. The first-order chi connectivity index (χ1) is 6.18. The normalized spacial score (nSPS) is 10.0. The summed E-state index contributed by atoms with van der Waals surface area (Å²) in [6.45, 7) is 6.97. The van der Waals surface area contributed by atoms with Crippen LogP contribution in [0.1, 0.15) is 11.3 Å². The van der Waals surface area contributed by atoms with E-state index in [4.69, 9.17) is 11.6 Å². The van der Waals surface area contributed by atoms with Gasteiger partial charge in [0.25, 0.3) is 0 Å². The summed E-state index contributed by atoms with van der Waals surface area (Å²) in [6, 6.07) is 4.04. The predicted molar refractivity (Wildman–Crippen MR) is 55.7 cm³/mol. The number of halogens is 1. The second-order valence-corrected chi connectivity index (χ2v) is 3.46. The third kappa shape index (κ3) is 4.06. The van der Waals surface area contributed by atoms with E-state index in [1.54, 1.807) is 0 Å². The molecule has 0 spiro atoms. The highest BCUT2D eigenvalue weighted by atomic mass is 35.5. The molecule has 13 heavy (non-hydrogen) atoms. The quantitative estimate of drug-likeness (QED) is 0.799. The Labute approximate surface area is 83.6 Å². The highest BCUT2D eigenvalue weighted by Crippen LogP contribution is 1.99. The van der Waals surface area contributed by atoms with E-state index in [2.05, 4.69) is 16.9 Å². The van der Waals surface area contributed by atoms with Gasteiger partial charge in [0.2, 0.25) is 0 Å². The van der Waals surface area contributed by atoms with Crippen LogP contribution in [0.4, 0.5) is 0 Å². The zero-order chi connectivity index (χ0) is 9.68. The molecule has 0 atom stereocenters. The van der Waals surface area contributed by atoms with Crippen molar-refractivity contribution in [3.05, 3.63) is 41.2 Å². The highest BCUT2D eigenvalue weighted by Gasteiger charge is 1.93. The molecule has 0 saturated heterocycles. The van der Waals surface area contributed by atoms with Gasteiger partial charge in [-0.15, -0.1) is 0 Å². The zero-order valence-corrected chi connectivity index (χ0v) is 8.43. The minimum absolute atomic E-state index is 0.625. The average Bonchev–Trinajstić information content (AvgIpc) is 2.08. The molecule has 0 radical (unpaired) electrons. The Bertz CT molecular complexity index is 279. The maximum atomic E-state index is 5.60. The van der Waals surface area contributed by atoms with Crippen molar-refractivity contribution in [2.24, 2.45) is 0 Å². The average molecular weight is 197 g/mol. The van der Waals surface area contributed by atoms with Crippen molar-refractivity contribution in [1.29, 1.82) is 0 Å². The van der Waals surface area contributed by atoms with Gasteiger partial charge in [0.15, 0.2) is 0 Å². The summed E-state index contributed by atoms with van der Waals surface area (Å²) >= 11 is 5.60. The number of hydrogen-bond donors (Lipinski definition) is 1. The van der Waals surface area contributed by atoms with Gasteiger partial charge >= 0.3 is 0 Å². The third-order valence-electron chi connectivity index (χ3n) is 1.62. The largest absolute Gasteiger partial charge is 0.308 e. The van der Waals surface area contributed by atoms with Crippen LogP contribution in [0.5, 0.6) is 0 Å². The van der Waals surface area contributed by atoms with E-state index in [-0.39, 0.29) is 0 Å². The van der Waals surface area contributed by atoms with Crippen molar-refractivity contribution in [3.63, 3.8) is 0 Å². The van der Waals surface area contributed by atoms with E-state index >= 15 is 0 Å². The fourth-order valence-electron chi connectivity index (χ4n) is 0.945. The molecular formula is C10H13ClN2. The van der Waals surface area contributed by atoms with Crippen LogP contribution in [0.15, 0.2) is 29.9 Å². The van der Waals surface area contributed by atoms with Gasteiger partial charge in [-0.2, -0.15) is 0 Å². The van der Waals surface area contributed by atoms with Crippen molar-refractivity contribution in [1.82, 2.24) is 10.3 Å². The summed E-state index contributed by atoms with van der Waals surface area (Å²) in [5.41, 5.74) is 2.19. The maximum absolute atomic E-state index is 5.60. The number of hydrogen-bond acceptors (Lipinski definition) is 2. The van der Waals surface area contributed by atoms with Gasteiger partial charge in [-0.05, 0) is 18.6 Å². The molecule has 1 rings (SSSR count). The van der Waals surface area contributed by atoms with Crippen molar-refractivity contribution < 1.29 is 0 Å². The molecule has 1 heterocycles. The predicted octanol–water partition coefficient (Wildman–Crippen LogP) is 2.23. The van der Waals surface area contributed by atoms with Gasteiger partial charge in [0.1, 0.15) is 0 Å². The topological polar surface area (TPSA) is 24.9 Å². The number of aryl methyl sites for hydroxylation is 1. The number of nitrogens with one attached hydrogen (secondary N) is 1. The fraction of sp³-hybridized carbons (Fsp3) is 0.300. The lowest BCUT2D eigenvalue weighted by molar-refractivity contribution is 0.751. The SMILES string of the molecule is C=C(Cl)CNCc1ccc(C)nc1. The minimum Gasteiger partial charge on any atom is -0.308 e. The second kappa shape index (κ2) is 5.00. The van der Waals surface area contributed by atoms with E-state index in [1.807, 2.05) is 25.3 Å². The van der Waals surface area contributed by atoms with Crippen LogP contribution >= 0.6 is 11.6 Å². The molecule has 0 aliphatic rings. The van der Waals surface area contributed by atoms with E-state index in [1.165, 1.54) is 0 Å². The van der Waals surface area contributed by atoms with Crippen LogP contribution in [0.3, 0.4) is 0 Å². The molecule has 0 saturated carbocycles. The molecule has 0 fully saturated rings. The van der Waals surface area contributed by atoms with Gasteiger partial charge in [-0.1, -0.05) is 24.2 Å². The summed E-state index contributed by atoms with van der Waals surface area (Å²) in [7, 11) is 0. The number of pyridine rings is 1. The van der Waals surface area contributed by atoms with Crippen molar-refractivity contribution in [2.45, 2.75) is 13.5 Å². The van der Waals surface area contributed by atoms with Crippen molar-refractivity contribution in [3.8, 4) is 0 Å². The summed E-state index contributed by atoms with van der Waals surface area (Å²) < 4.78 is 0. The first-order valence-electron chi connectivity index (χ1n) is 4.14. The van der Waals surface area contributed by atoms with E-state index in [0.29, 0.717) is 11.6 Å². The Morgan fingerprint density at radius 1 is 1.62 bits per heavy atom. The first-order valence-corrected chi connectivity index (χ1v) is 4.52. The summed E-state index contributed by atoms with van der Waals surface area (Å²) in [5.74, 6) is 0. The van der Waals surface area contributed by atoms with Crippen LogP contribution in [0, 0.1) is 6.92 Å². The Hall–Kier alpha value is -0.860. The molecule has 0 amide bonds. The summed E-state index contributed by atoms with van der Waals surface area (Å²) in [6.07, 6.45) is 1.86. The first kappa shape index (κ1) is 10.2. The smallest absolute Gasteiger partial charge is 0.0372 e. The van der Waals surface area contributed by atoms with E-state index in [0.717, 1.165) is 17.8 Å². The van der Waals surface area contributed by atoms with Gasteiger partial charge < -0.3 is 5.32 Å². The Morgan fingerprint density at radius 3 is 2.92 bits per heavy atom. The van der Waals surface area contributed by atoms with Crippen LogP contribution in [0.2, 0.25) is 0 Å². The standard InChI is InChI=1S/C10H13ClN2/c1-8(11)5-12-6-10-4-3-9(2)13-7-10/h3-4,7,12H,1,5-6H2,2H3. The zero-order valence-electron chi connectivity index (χ0n) is 7.68. The van der Waals surface area contributed by atoms with Gasteiger partial charge in [-0.3, -0.25) is 4.98 Å². The molecule has 0 aliphatic heterocycles. The molecule has 1 aromatic heterocycles. The molecule has 2 nitrogen and oxygen atoms in total. The number of aromatic nitrogens is 1. The van der Waals surface area contributed by atoms with Crippen LogP contribution in [-0.2, 0) is 6.54 Å². The Morgan fingerprint density at radius 2 is 2.38 bits per heavy atom. The molecule has 0 aromatic carbocycles. The van der Waals surface area contributed by atoms with E-state index < -0.39 is 0 Å². The van der Waals surface area contributed by atoms with Crippen LogP contribution in [0.25, 0.3) is 0 Å². The molecule has 70 valence electrons. The Kier molecular flexibility index (Phi) is 3.93. The molecule has 0 unspecified atom stereocenters. The Balaban J connectivity index is 2.37. The minimum atomic E-state index is 0.625. The van der Waals surface area contributed by atoms with Crippen LogP contribution in [-0.4, -0.2) is 11.5 Å². The van der Waals surface area contributed by atoms with E-state index in [9.17, 15) is 0 Å². The fourth-order valence-corrected chi connectivity index (χ4v) is 1.04. The van der Waals surface area contributed by atoms with Crippen molar-refractivity contribution >= 4 is 11.6 Å². The molecule has 1 aromatic rings. The summed E-state index contributed by atoms with van der Waals surface area (Å²) in [4.78, 5) is 4.18. The van der Waals surface area contributed by atoms with Gasteiger partial charge in [-0.25, -0.2) is 0 Å². The lowest BCUT2D eigenvalue weighted by atomic mass is 10.2. The summed E-state index contributed by atoms with van der Waals surface area (Å²) in [5, 5.41) is 3.77. The number of rotatable bonds is 4. The van der Waals surface area contributed by atoms with Crippen molar-refractivity contribution in [2.75, 3.05) is 6.54 Å². The van der Waals surface area contributed by atoms with Crippen LogP contribution < -0.4 is 5.32 Å².